The van der Waals surface area contributed by atoms with Crippen molar-refractivity contribution in [1.29, 1.82) is 0 Å². The van der Waals surface area contributed by atoms with E-state index in [-0.39, 0.29) is 30.7 Å². The van der Waals surface area contributed by atoms with Crippen molar-refractivity contribution in [1.82, 2.24) is 19.7 Å². The average molecular weight is 496 g/mol. The summed E-state index contributed by atoms with van der Waals surface area (Å²) < 4.78 is 12.4. The van der Waals surface area contributed by atoms with Crippen LogP contribution in [0.1, 0.15) is 24.0 Å². The van der Waals surface area contributed by atoms with E-state index >= 15 is 0 Å². The lowest BCUT2D eigenvalue weighted by molar-refractivity contribution is -0.142. The van der Waals surface area contributed by atoms with Gasteiger partial charge in [0.05, 0.1) is 29.5 Å². The molecule has 0 aliphatic heterocycles. The lowest BCUT2D eigenvalue weighted by atomic mass is 10.2. The summed E-state index contributed by atoms with van der Waals surface area (Å²) in [6.07, 6.45) is 0.0759. The van der Waals surface area contributed by atoms with Gasteiger partial charge in [-0.25, -0.2) is 4.98 Å². The van der Waals surface area contributed by atoms with E-state index in [4.69, 9.17) is 21.1 Å². The third kappa shape index (κ3) is 6.68. The summed E-state index contributed by atoms with van der Waals surface area (Å²) in [5.41, 5.74) is 1.60. The standard InChI is InChI=1S/C20H22ClN5O4S2/c1-4-29-18(28)8-13-10-31-19(22-13)23-17(27)11-32-20-25-24-16(26(20)3)9-30-15-7-12(2)5-6-14(15)21/h5-7,10H,4,8-9,11H2,1-3H3,(H,22,23,27). The monoisotopic (exact) mass is 495 g/mol. The molecule has 0 radical (unpaired) electrons. The molecule has 1 N–H and O–H groups in total. The number of carbonyl (C=O) groups is 2. The van der Waals surface area contributed by atoms with Gasteiger partial charge in [0, 0.05) is 12.4 Å². The fourth-order valence-electron chi connectivity index (χ4n) is 2.55. The molecule has 0 spiro atoms. The molecule has 2 heterocycles. The van der Waals surface area contributed by atoms with Gasteiger partial charge in [-0.2, -0.15) is 0 Å². The lowest BCUT2D eigenvalue weighted by Crippen LogP contribution is -2.15. The Morgan fingerprint density at radius 2 is 2.12 bits per heavy atom. The molecule has 0 aliphatic rings. The highest BCUT2D eigenvalue weighted by Gasteiger charge is 2.14. The quantitative estimate of drug-likeness (QED) is 0.335. The second-order valence-corrected chi connectivity index (χ2v) is 8.85. The third-order valence-electron chi connectivity index (χ3n) is 4.13. The number of aryl methyl sites for hydroxylation is 1. The molecule has 0 unspecified atom stereocenters. The number of rotatable bonds is 10. The molecular formula is C20H22ClN5O4S2. The number of anilines is 1. The summed E-state index contributed by atoms with van der Waals surface area (Å²) >= 11 is 8.65. The first-order valence-electron chi connectivity index (χ1n) is 9.65. The van der Waals surface area contributed by atoms with Crippen molar-refractivity contribution in [3.05, 3.63) is 45.7 Å². The number of aromatic nitrogens is 4. The molecule has 9 nitrogen and oxygen atoms in total. The van der Waals surface area contributed by atoms with Gasteiger partial charge in [0.15, 0.2) is 16.1 Å². The number of halogens is 1. The van der Waals surface area contributed by atoms with E-state index in [2.05, 4.69) is 20.5 Å². The third-order valence-corrected chi connectivity index (χ3v) is 6.27. The highest BCUT2D eigenvalue weighted by molar-refractivity contribution is 7.99. The summed E-state index contributed by atoms with van der Waals surface area (Å²) in [7, 11) is 1.80. The first-order chi connectivity index (χ1) is 15.4. The number of amides is 1. The Morgan fingerprint density at radius 1 is 1.31 bits per heavy atom. The summed E-state index contributed by atoms with van der Waals surface area (Å²) in [6, 6.07) is 5.55. The van der Waals surface area contributed by atoms with Crippen LogP contribution in [-0.2, 0) is 34.4 Å². The van der Waals surface area contributed by atoms with E-state index in [1.54, 1.807) is 30.0 Å². The zero-order chi connectivity index (χ0) is 23.1. The number of thiazole rings is 1. The molecule has 0 saturated carbocycles. The molecule has 2 aromatic heterocycles. The van der Waals surface area contributed by atoms with Crippen LogP contribution in [0.4, 0.5) is 5.13 Å². The summed E-state index contributed by atoms with van der Waals surface area (Å²) in [5, 5.41) is 14.2. The highest BCUT2D eigenvalue weighted by Crippen LogP contribution is 2.26. The van der Waals surface area contributed by atoms with Crippen molar-refractivity contribution in [3.8, 4) is 5.75 Å². The topological polar surface area (TPSA) is 108 Å². The number of esters is 1. The Kier molecular flexibility index (Phi) is 8.48. The number of nitrogens with one attached hydrogen (secondary N) is 1. The molecule has 170 valence electrons. The maximum Gasteiger partial charge on any atom is 0.311 e. The Hall–Kier alpha value is -2.63. The van der Waals surface area contributed by atoms with Gasteiger partial charge in [-0.15, -0.1) is 21.5 Å². The molecule has 1 amide bonds. The zero-order valence-electron chi connectivity index (χ0n) is 17.8. The van der Waals surface area contributed by atoms with Crippen LogP contribution in [-0.4, -0.2) is 44.0 Å². The predicted molar refractivity (Wildman–Crippen MR) is 123 cm³/mol. The van der Waals surface area contributed by atoms with Crippen molar-refractivity contribution in [3.63, 3.8) is 0 Å². The minimum Gasteiger partial charge on any atom is -0.484 e. The Morgan fingerprint density at radius 3 is 2.91 bits per heavy atom. The smallest absolute Gasteiger partial charge is 0.311 e. The average Bonchev–Trinajstić information content (AvgIpc) is 3.33. The Bertz CT molecular complexity index is 1100. The van der Waals surface area contributed by atoms with Crippen LogP contribution in [0.3, 0.4) is 0 Å². The molecule has 3 aromatic rings. The van der Waals surface area contributed by atoms with Crippen molar-refractivity contribution in [2.24, 2.45) is 7.05 Å². The summed E-state index contributed by atoms with van der Waals surface area (Å²) in [5.74, 6) is 0.726. The first-order valence-corrected chi connectivity index (χ1v) is 11.9. The number of hydrogen-bond acceptors (Lipinski definition) is 9. The molecule has 1 aromatic carbocycles. The molecule has 0 fully saturated rings. The highest BCUT2D eigenvalue weighted by atomic mass is 35.5. The predicted octanol–water partition coefficient (Wildman–Crippen LogP) is 3.65. The van der Waals surface area contributed by atoms with Crippen molar-refractivity contribution in [2.45, 2.75) is 32.0 Å². The summed E-state index contributed by atoms with van der Waals surface area (Å²) in [4.78, 5) is 28.0. The molecule has 0 bridgehead atoms. The molecule has 3 rings (SSSR count). The fourth-order valence-corrected chi connectivity index (χ4v) is 4.18. The minimum absolute atomic E-state index is 0.0759. The van der Waals surface area contributed by atoms with Crippen LogP contribution >= 0.6 is 34.7 Å². The van der Waals surface area contributed by atoms with Crippen LogP contribution < -0.4 is 10.1 Å². The van der Waals surface area contributed by atoms with Crippen LogP contribution in [0, 0.1) is 6.92 Å². The normalized spacial score (nSPS) is 10.8. The second-order valence-electron chi connectivity index (χ2n) is 6.64. The lowest BCUT2D eigenvalue weighted by Gasteiger charge is -2.09. The Balaban J connectivity index is 1.49. The van der Waals surface area contributed by atoms with Gasteiger partial charge in [0.1, 0.15) is 12.4 Å². The molecular weight excluding hydrogens is 474 g/mol. The number of hydrogen-bond donors (Lipinski definition) is 1. The van der Waals surface area contributed by atoms with E-state index in [1.807, 2.05) is 19.1 Å². The van der Waals surface area contributed by atoms with Crippen molar-refractivity contribution in [2.75, 3.05) is 17.7 Å². The SMILES string of the molecule is CCOC(=O)Cc1csc(NC(=O)CSc2nnc(COc3cc(C)ccc3Cl)n2C)n1. The van der Waals surface area contributed by atoms with Gasteiger partial charge in [-0.3, -0.25) is 9.59 Å². The fraction of sp³-hybridized carbons (Fsp3) is 0.350. The number of carbonyl (C=O) groups excluding carboxylic acids is 2. The van der Waals surface area contributed by atoms with Gasteiger partial charge < -0.3 is 19.4 Å². The zero-order valence-corrected chi connectivity index (χ0v) is 20.1. The Labute approximate surface area is 198 Å². The maximum absolute atomic E-state index is 12.3. The van der Waals surface area contributed by atoms with Crippen LogP contribution in [0.25, 0.3) is 0 Å². The van der Waals surface area contributed by atoms with Crippen LogP contribution in [0.15, 0.2) is 28.7 Å². The van der Waals surface area contributed by atoms with E-state index < -0.39 is 0 Å². The minimum atomic E-state index is -0.349. The summed E-state index contributed by atoms with van der Waals surface area (Å²) in [6.45, 7) is 4.22. The first kappa shape index (κ1) is 24.0. The molecule has 0 saturated heterocycles. The van der Waals surface area contributed by atoms with Crippen molar-refractivity contribution >= 4 is 51.7 Å². The van der Waals surface area contributed by atoms with E-state index in [1.165, 1.54) is 23.1 Å². The number of ether oxygens (including phenoxy) is 2. The number of thioether (sulfide) groups is 1. The van der Waals surface area contributed by atoms with E-state index in [0.717, 1.165) is 5.56 Å². The van der Waals surface area contributed by atoms with E-state index in [0.29, 0.717) is 39.2 Å². The van der Waals surface area contributed by atoms with Crippen LogP contribution in [0.5, 0.6) is 5.75 Å². The van der Waals surface area contributed by atoms with Gasteiger partial charge in [-0.1, -0.05) is 29.4 Å². The number of benzene rings is 1. The number of nitrogens with zero attached hydrogens (tertiary/aromatic N) is 4. The van der Waals surface area contributed by atoms with Gasteiger partial charge in [0.25, 0.3) is 0 Å². The van der Waals surface area contributed by atoms with Gasteiger partial charge >= 0.3 is 5.97 Å². The molecule has 12 heteroatoms. The van der Waals surface area contributed by atoms with Gasteiger partial charge in [0.2, 0.25) is 5.91 Å². The maximum atomic E-state index is 12.3. The second kappa shape index (κ2) is 11.3. The van der Waals surface area contributed by atoms with E-state index in [9.17, 15) is 9.59 Å². The largest absolute Gasteiger partial charge is 0.484 e. The van der Waals surface area contributed by atoms with Gasteiger partial charge in [-0.05, 0) is 31.5 Å². The molecule has 0 aliphatic carbocycles. The molecule has 0 atom stereocenters. The molecule has 32 heavy (non-hydrogen) atoms. The van der Waals surface area contributed by atoms with Crippen molar-refractivity contribution < 1.29 is 19.1 Å². The van der Waals surface area contributed by atoms with Crippen LogP contribution in [0.2, 0.25) is 5.02 Å².